The summed E-state index contributed by atoms with van der Waals surface area (Å²) in [6, 6.07) is 5.31. The summed E-state index contributed by atoms with van der Waals surface area (Å²) in [6.45, 7) is 7.50. The van der Waals surface area contributed by atoms with E-state index in [4.69, 9.17) is 27.9 Å². The Morgan fingerprint density at radius 3 is 2.41 bits per heavy atom. The number of cyclic esters (lactones) is 1. The molecule has 4 heteroatoms. The molecule has 2 nitrogen and oxygen atoms in total. The van der Waals surface area contributed by atoms with E-state index in [1.54, 1.807) is 12.1 Å². The molecule has 1 aromatic rings. The van der Waals surface area contributed by atoms with Gasteiger partial charge in [-0.1, -0.05) is 35.8 Å². The van der Waals surface area contributed by atoms with Crippen molar-refractivity contribution >= 4 is 29.2 Å². The molecule has 0 amide bonds. The van der Waals surface area contributed by atoms with Crippen LogP contribution >= 0.6 is 23.2 Å². The zero-order valence-corrected chi connectivity index (χ0v) is 11.1. The van der Waals surface area contributed by atoms with Crippen LogP contribution in [-0.2, 0) is 9.53 Å². The third-order valence-corrected chi connectivity index (χ3v) is 3.68. The van der Waals surface area contributed by atoms with Gasteiger partial charge in [0.05, 0.1) is 16.0 Å². The Morgan fingerprint density at radius 1 is 1.29 bits per heavy atom. The van der Waals surface area contributed by atoms with Gasteiger partial charge in [-0.15, -0.1) is 0 Å². The number of halogens is 2. The van der Waals surface area contributed by atoms with Gasteiger partial charge < -0.3 is 4.74 Å². The smallest absolute Gasteiger partial charge is 0.334 e. The third-order valence-electron chi connectivity index (χ3n) is 2.94. The molecule has 2 rings (SSSR count). The highest BCUT2D eigenvalue weighted by Gasteiger charge is 2.45. The van der Waals surface area contributed by atoms with Crippen molar-refractivity contribution in [3.8, 4) is 0 Å². The van der Waals surface area contributed by atoms with E-state index in [-0.39, 0.29) is 11.9 Å². The van der Waals surface area contributed by atoms with Crippen LogP contribution in [0, 0.1) is 0 Å². The average Bonchev–Trinajstić information content (AvgIpc) is 2.41. The van der Waals surface area contributed by atoms with E-state index in [1.807, 2.05) is 19.9 Å². The second-order valence-corrected chi connectivity index (χ2v) is 5.44. The van der Waals surface area contributed by atoms with Crippen molar-refractivity contribution in [2.24, 2.45) is 0 Å². The average molecular weight is 271 g/mol. The SMILES string of the molecule is C=C1C(=O)OC(C)(C)[C@H]1c1ccc(Cl)c(Cl)c1. The van der Waals surface area contributed by atoms with Crippen LogP contribution in [0.5, 0.6) is 0 Å². The summed E-state index contributed by atoms with van der Waals surface area (Å²) in [6.07, 6.45) is 0. The Labute approximate surface area is 110 Å². The van der Waals surface area contributed by atoms with Crippen LogP contribution < -0.4 is 0 Å². The molecule has 0 aromatic heterocycles. The molecule has 1 aliphatic rings. The summed E-state index contributed by atoms with van der Waals surface area (Å²) >= 11 is 11.9. The molecule has 0 N–H and O–H groups in total. The predicted octanol–water partition coefficient (Wildman–Crippen LogP) is 3.97. The molecule has 0 spiro atoms. The summed E-state index contributed by atoms with van der Waals surface area (Å²) in [5.74, 6) is -0.546. The monoisotopic (exact) mass is 270 g/mol. The van der Waals surface area contributed by atoms with E-state index in [0.717, 1.165) is 5.56 Å². The van der Waals surface area contributed by atoms with Crippen molar-refractivity contribution in [1.29, 1.82) is 0 Å². The Hall–Kier alpha value is -0.990. The normalized spacial score (nSPS) is 22.7. The second kappa shape index (κ2) is 4.04. The first-order chi connectivity index (χ1) is 7.83. The van der Waals surface area contributed by atoms with E-state index in [0.29, 0.717) is 15.6 Å². The van der Waals surface area contributed by atoms with Gasteiger partial charge in [-0.05, 0) is 31.5 Å². The quantitative estimate of drug-likeness (QED) is 0.570. The van der Waals surface area contributed by atoms with Crippen molar-refractivity contribution in [1.82, 2.24) is 0 Å². The first-order valence-corrected chi connectivity index (χ1v) is 5.95. The molecule has 1 aromatic carbocycles. The minimum absolute atomic E-state index is 0.190. The topological polar surface area (TPSA) is 26.3 Å². The molecule has 17 heavy (non-hydrogen) atoms. The van der Waals surface area contributed by atoms with Gasteiger partial charge in [-0.3, -0.25) is 0 Å². The standard InChI is InChI=1S/C13H12Cl2O2/c1-7-11(13(2,3)17-12(7)16)8-4-5-9(14)10(15)6-8/h4-6,11H,1H2,2-3H3/t11-/m1/s1. The molecule has 1 heterocycles. The Bertz CT molecular complexity index is 506. The maximum atomic E-state index is 11.5. The highest BCUT2D eigenvalue weighted by atomic mass is 35.5. The summed E-state index contributed by atoms with van der Waals surface area (Å²) in [5.41, 5.74) is 0.736. The van der Waals surface area contributed by atoms with Crippen LogP contribution in [0.1, 0.15) is 25.3 Å². The second-order valence-electron chi connectivity index (χ2n) is 4.62. The third kappa shape index (κ3) is 2.07. The number of esters is 1. The van der Waals surface area contributed by atoms with Crippen molar-refractivity contribution in [3.63, 3.8) is 0 Å². The summed E-state index contributed by atoms with van der Waals surface area (Å²) in [5, 5.41) is 0.955. The van der Waals surface area contributed by atoms with Crippen LogP contribution in [0.25, 0.3) is 0 Å². The fraction of sp³-hybridized carbons (Fsp3) is 0.308. The number of carbonyl (C=O) groups is 1. The summed E-state index contributed by atoms with van der Waals surface area (Å²) < 4.78 is 5.28. The lowest BCUT2D eigenvalue weighted by Gasteiger charge is -2.25. The minimum atomic E-state index is -0.606. The largest absolute Gasteiger partial charge is 0.455 e. The lowest BCUT2D eigenvalue weighted by atomic mass is 9.82. The van der Waals surface area contributed by atoms with Crippen molar-refractivity contribution < 1.29 is 9.53 Å². The fourth-order valence-corrected chi connectivity index (χ4v) is 2.50. The molecular formula is C13H12Cl2O2. The van der Waals surface area contributed by atoms with Gasteiger partial charge in [0.1, 0.15) is 5.60 Å². The molecule has 1 atom stereocenters. The highest BCUT2D eigenvalue weighted by Crippen LogP contribution is 2.44. The van der Waals surface area contributed by atoms with Crippen LogP contribution in [0.3, 0.4) is 0 Å². The number of hydrogen-bond donors (Lipinski definition) is 0. The van der Waals surface area contributed by atoms with E-state index < -0.39 is 5.60 Å². The van der Waals surface area contributed by atoms with Crippen LogP contribution in [-0.4, -0.2) is 11.6 Å². The number of carbonyl (C=O) groups excluding carboxylic acids is 1. The minimum Gasteiger partial charge on any atom is -0.455 e. The predicted molar refractivity (Wildman–Crippen MR) is 68.5 cm³/mol. The summed E-state index contributed by atoms with van der Waals surface area (Å²) in [4.78, 5) is 11.5. The first-order valence-electron chi connectivity index (χ1n) is 5.20. The fourth-order valence-electron chi connectivity index (χ4n) is 2.20. The molecule has 1 fully saturated rings. The molecule has 0 unspecified atom stereocenters. The van der Waals surface area contributed by atoms with E-state index in [9.17, 15) is 4.79 Å². The molecule has 90 valence electrons. The molecular weight excluding hydrogens is 259 g/mol. The Morgan fingerprint density at radius 2 is 1.94 bits per heavy atom. The lowest BCUT2D eigenvalue weighted by Crippen LogP contribution is -2.26. The number of benzene rings is 1. The zero-order valence-electron chi connectivity index (χ0n) is 9.59. The van der Waals surface area contributed by atoms with Crippen LogP contribution in [0.15, 0.2) is 30.4 Å². The number of hydrogen-bond acceptors (Lipinski definition) is 2. The Balaban J connectivity index is 2.48. The maximum absolute atomic E-state index is 11.5. The maximum Gasteiger partial charge on any atom is 0.334 e. The molecule has 0 bridgehead atoms. The Kier molecular flexibility index (Phi) is 2.96. The number of rotatable bonds is 1. The first kappa shape index (κ1) is 12.5. The summed E-state index contributed by atoms with van der Waals surface area (Å²) in [7, 11) is 0. The van der Waals surface area contributed by atoms with Crippen LogP contribution in [0.4, 0.5) is 0 Å². The van der Waals surface area contributed by atoms with Gasteiger partial charge in [-0.25, -0.2) is 4.79 Å². The molecule has 1 aliphatic heterocycles. The van der Waals surface area contributed by atoms with Crippen LogP contribution in [0.2, 0.25) is 10.0 Å². The van der Waals surface area contributed by atoms with Gasteiger partial charge in [-0.2, -0.15) is 0 Å². The highest BCUT2D eigenvalue weighted by molar-refractivity contribution is 6.42. The van der Waals surface area contributed by atoms with Gasteiger partial charge in [0.2, 0.25) is 0 Å². The van der Waals surface area contributed by atoms with Crippen molar-refractivity contribution in [2.45, 2.75) is 25.4 Å². The molecule has 0 radical (unpaired) electrons. The molecule has 0 saturated carbocycles. The van der Waals surface area contributed by atoms with Gasteiger partial charge in [0.15, 0.2) is 0 Å². The van der Waals surface area contributed by atoms with E-state index in [1.165, 1.54) is 0 Å². The lowest BCUT2D eigenvalue weighted by molar-refractivity contribution is -0.144. The van der Waals surface area contributed by atoms with Crippen molar-refractivity contribution in [3.05, 3.63) is 46.0 Å². The van der Waals surface area contributed by atoms with Gasteiger partial charge in [0.25, 0.3) is 0 Å². The van der Waals surface area contributed by atoms with Crippen molar-refractivity contribution in [2.75, 3.05) is 0 Å². The number of ether oxygens (including phenoxy) is 1. The van der Waals surface area contributed by atoms with Gasteiger partial charge >= 0.3 is 5.97 Å². The van der Waals surface area contributed by atoms with E-state index >= 15 is 0 Å². The molecule has 1 saturated heterocycles. The zero-order chi connectivity index (χ0) is 12.8. The molecule has 0 aliphatic carbocycles. The van der Waals surface area contributed by atoms with Gasteiger partial charge in [0, 0.05) is 5.57 Å². The van der Waals surface area contributed by atoms with E-state index in [2.05, 4.69) is 6.58 Å².